The zero-order valence-electron chi connectivity index (χ0n) is 64.3. The van der Waals surface area contributed by atoms with Gasteiger partial charge in [0.15, 0.2) is 64.5 Å². The highest BCUT2D eigenvalue weighted by Crippen LogP contribution is 2.58. The lowest BCUT2D eigenvalue weighted by Gasteiger charge is -2.36. The third kappa shape index (κ3) is 20.1. The quantitative estimate of drug-likeness (QED) is 0.00872. The molecular formula is C70H83F2N20O20P4S2+. The number of aromatic nitrogens is 16. The molecule has 40 nitrogen and oxygen atoms in total. The number of rotatable bonds is 25. The molecule has 11 aromatic rings. The van der Waals surface area contributed by atoms with E-state index in [1.54, 1.807) is 38.8 Å². The number of nitrogen functional groups attached to an aromatic ring is 1. The van der Waals surface area contributed by atoms with Crippen molar-refractivity contribution in [3.8, 4) is 11.5 Å². The van der Waals surface area contributed by atoms with Crippen molar-refractivity contribution in [3.63, 3.8) is 0 Å². The van der Waals surface area contributed by atoms with Gasteiger partial charge in [-0.05, 0) is 80.5 Å². The van der Waals surface area contributed by atoms with E-state index in [0.717, 1.165) is 50.0 Å². The number of hydrogen-bond acceptors (Lipinski definition) is 31. The molecule has 2 fully saturated rings. The summed E-state index contributed by atoms with van der Waals surface area (Å²) in [4.78, 5) is 107. The van der Waals surface area contributed by atoms with Gasteiger partial charge in [-0.15, -0.1) is 9.42 Å². The standard InChI is InChI=1S/C38H45N6O5P.C18H20FN9O8P2S2.C14H17FN5O7P/c1-28(2)44(29(3)4)50(48-23-21-39-5)49-24-22-43-36(42-35-25-40-27-41-37(35)43)26-47-38(30-11-9-8-10-12-30,31-13-17-33(45-6)18-14-31)32-15-19-34(46-7)20-16-32;19-11-9-4-33-37(30,39)32-2-1-27-10(24-8-3-21-6-22-15(8)27)5-34-38(31,40)36-13(11)17(35-9)28-7-23-14-12(28)16(29)26-18(20)25-14;1-5(2)11(22)18-14-17-10-8(12(23)19-14)20(4-16-10)13-9(27-28(24)25)7(15)6(3-21)26-13/h8-20,25,27-29H,21-24,26H2,1-4,6-7H3;3,6-7,9,11,13,17H,1-2,4-5H2,(H,30,39)(H,31,40)(H3,20,25,26,29);4-7,9,13,21H,3H2,1-2H3,(H2-,17,18,19,22,23,24,25)/p+1/t;9-,11-,13-,17-,37?,38?;6-,7-,9-,13-/m.11/s1. The first-order chi connectivity index (χ1) is 56.5. The highest BCUT2D eigenvalue weighted by molar-refractivity contribution is 8.44. The Morgan fingerprint density at radius 2 is 1.42 bits per heavy atom. The number of alkyl halides is 2. The number of anilines is 2. The van der Waals surface area contributed by atoms with E-state index in [1.165, 1.54) is 18.9 Å². The van der Waals surface area contributed by atoms with Crippen LogP contribution in [0, 0.1) is 12.5 Å². The van der Waals surface area contributed by atoms with Crippen LogP contribution in [-0.4, -0.2) is 206 Å². The molecule has 4 unspecified atom stereocenters. The van der Waals surface area contributed by atoms with Crippen molar-refractivity contribution in [2.45, 2.75) is 135 Å². The number of H-pyrrole nitrogens is 2. The maximum atomic E-state index is 15.8. The molecule has 628 valence electrons. The van der Waals surface area contributed by atoms with Crippen molar-refractivity contribution < 1.29 is 92.9 Å². The van der Waals surface area contributed by atoms with E-state index in [4.69, 9.17) is 89.3 Å². The summed E-state index contributed by atoms with van der Waals surface area (Å²) in [5.41, 5.74) is 7.76. The van der Waals surface area contributed by atoms with Crippen LogP contribution in [0.4, 0.5) is 20.7 Å². The van der Waals surface area contributed by atoms with Crippen molar-refractivity contribution in [2.75, 3.05) is 64.8 Å². The number of nitrogens with two attached hydrogens (primary N) is 1. The van der Waals surface area contributed by atoms with Crippen LogP contribution in [0.3, 0.4) is 0 Å². The summed E-state index contributed by atoms with van der Waals surface area (Å²) in [6.07, 6.45) is -4.36. The average Bonchev–Trinajstić information content (AvgIpc) is 1.65. The lowest BCUT2D eigenvalue weighted by molar-refractivity contribution is -0.119. The summed E-state index contributed by atoms with van der Waals surface area (Å²) in [6, 6.07) is 26.5. The molecule has 48 heteroatoms. The summed E-state index contributed by atoms with van der Waals surface area (Å²) in [5.74, 6) is 1.40. The van der Waals surface area contributed by atoms with E-state index in [9.17, 15) is 37.9 Å². The molecule has 0 spiro atoms. The van der Waals surface area contributed by atoms with Gasteiger partial charge in [-0.3, -0.25) is 47.9 Å². The molecule has 8 N–H and O–H groups in total. The van der Waals surface area contributed by atoms with Crippen LogP contribution in [0.1, 0.15) is 82.3 Å². The first-order valence-electron chi connectivity index (χ1n) is 36.3. The fourth-order valence-corrected chi connectivity index (χ4v) is 17.7. The third-order valence-corrected chi connectivity index (χ3v) is 24.2. The number of hydrogen-bond donors (Lipinski definition) is 8. The molecule has 14 rings (SSSR count). The molecule has 3 aliphatic heterocycles. The van der Waals surface area contributed by atoms with E-state index in [2.05, 4.69) is 122 Å². The topological polar surface area (TPSA) is 483 Å². The van der Waals surface area contributed by atoms with Crippen LogP contribution in [0.2, 0.25) is 0 Å². The number of aliphatic hydroxyl groups is 1. The second kappa shape index (κ2) is 38.9. The summed E-state index contributed by atoms with van der Waals surface area (Å²) in [6.45, 7) is 10.7. The van der Waals surface area contributed by atoms with Crippen LogP contribution in [0.5, 0.6) is 11.5 Å². The molecule has 0 radical (unpaired) electrons. The zero-order valence-corrected chi connectivity index (χ0v) is 69.6. The van der Waals surface area contributed by atoms with Gasteiger partial charge in [0.05, 0.1) is 53.0 Å². The van der Waals surface area contributed by atoms with Crippen LogP contribution >= 0.6 is 42.5 Å². The van der Waals surface area contributed by atoms with Gasteiger partial charge in [0.1, 0.15) is 103 Å². The summed E-state index contributed by atoms with van der Waals surface area (Å²) < 4.78 is 131. The summed E-state index contributed by atoms with van der Waals surface area (Å²) >= 11 is 9.12. The molecule has 0 aliphatic carbocycles. The van der Waals surface area contributed by atoms with Gasteiger partial charge in [0.25, 0.3) is 19.6 Å². The number of imidazole rings is 4. The number of aliphatic hydroxyl groups excluding tert-OH is 1. The van der Waals surface area contributed by atoms with Crippen LogP contribution in [0.25, 0.3) is 49.5 Å². The molecule has 1 amide bonds. The fraction of sp³-hybridized carbons (Fsp3) is 0.429. The molecular weight excluding hydrogens is 1670 g/mol. The molecule has 2 bridgehead atoms. The van der Waals surface area contributed by atoms with Gasteiger partial charge in [-0.1, -0.05) is 80.7 Å². The number of nitrogens with zero attached hydrogens (tertiary/aromatic N) is 16. The maximum absolute atomic E-state index is 15.8. The number of methoxy groups -OCH3 is 2. The monoisotopic (exact) mass is 1750 g/mol. The van der Waals surface area contributed by atoms with Crippen LogP contribution in [-0.2, 0) is 104 Å². The van der Waals surface area contributed by atoms with E-state index >= 15 is 4.39 Å². The van der Waals surface area contributed by atoms with Crippen molar-refractivity contribution in [1.82, 2.24) is 82.7 Å². The highest BCUT2D eigenvalue weighted by atomic mass is 32.7. The fourth-order valence-electron chi connectivity index (χ4n) is 13.2. The first-order valence-corrected chi connectivity index (χ1v) is 43.9. The smallest absolute Gasteiger partial charge is 0.497 e. The van der Waals surface area contributed by atoms with Gasteiger partial charge >= 0.3 is 21.8 Å². The van der Waals surface area contributed by atoms with Crippen LogP contribution < -0.4 is 31.6 Å². The Bertz CT molecular complexity index is 5550. The minimum atomic E-state index is -4.31. The Hall–Kier alpha value is -9.12. The Labute approximate surface area is 683 Å². The Morgan fingerprint density at radius 3 is 2.03 bits per heavy atom. The molecule has 11 heterocycles. The van der Waals surface area contributed by atoms with Crippen molar-refractivity contribution in [1.29, 1.82) is 0 Å². The maximum Gasteiger partial charge on any atom is 0.695 e. The molecule has 2 saturated heterocycles. The Morgan fingerprint density at radius 1 is 0.822 bits per heavy atom. The van der Waals surface area contributed by atoms with E-state index in [-0.39, 0.29) is 90.3 Å². The molecule has 3 aromatic carbocycles. The zero-order chi connectivity index (χ0) is 84.3. The van der Waals surface area contributed by atoms with E-state index < -0.39 is 116 Å². The average molecular weight is 1750 g/mol. The van der Waals surface area contributed by atoms with Crippen molar-refractivity contribution in [2.24, 2.45) is 5.92 Å². The molecule has 3 aliphatic rings. The summed E-state index contributed by atoms with van der Waals surface area (Å²) in [7, 11) is -1.26. The number of nitrogens with one attached hydrogen (secondary N) is 3. The number of carbonyl (C=O) groups is 1. The minimum absolute atomic E-state index is 0.0487. The normalized spacial score (nSPS) is 22.2. The number of halogens is 2. The van der Waals surface area contributed by atoms with E-state index in [1.807, 2.05) is 71.3 Å². The van der Waals surface area contributed by atoms with Gasteiger partial charge in [0.2, 0.25) is 24.3 Å². The van der Waals surface area contributed by atoms with Gasteiger partial charge < -0.3 is 71.5 Å². The first kappa shape index (κ1) is 88.2. The number of amides is 1. The van der Waals surface area contributed by atoms with Gasteiger partial charge in [-0.2, -0.15) is 9.97 Å². The van der Waals surface area contributed by atoms with Crippen LogP contribution in [0.15, 0.2) is 126 Å². The SMILES string of the molecule is CC(C)C(=O)Nc1nc2ncn([C@@H]3O[C@H](CO)[C@@H](F)[C@H]3O[P+](=O)O)c2c(=O)[nH]1.Nc1nc2ncn([C@@H]3O[C@@H]4COP(O)(=S)OCCn5c(nc6cncnc65)COP(=O)(S)O[C@@H]3[C@@H]4F)c2c(=O)[nH]1.[C-]#[N+]CCOP(OCCn1c(COC(c2ccccc2)(c2ccc(OC)cc2)c2ccc(OC)cc2)nc2cncnc21)N(C(C)C)C(C)C. The second-order valence-electron chi connectivity index (χ2n) is 27.0. The van der Waals surface area contributed by atoms with Gasteiger partial charge in [-0.25, -0.2) is 64.5 Å². The molecule has 8 aromatic heterocycles. The predicted octanol–water partition coefficient (Wildman–Crippen LogP) is 8.61. The number of benzene rings is 3. The number of thiol groups is 1. The molecule has 12 atom stereocenters. The van der Waals surface area contributed by atoms with Crippen molar-refractivity contribution >= 4 is 117 Å². The Balaban J connectivity index is 0.000000169. The number of ether oxygens (including phenoxy) is 5. The number of aromatic amines is 2. The van der Waals surface area contributed by atoms with Crippen molar-refractivity contribution in [3.05, 3.63) is 177 Å². The largest absolute Gasteiger partial charge is 0.695 e. The highest BCUT2D eigenvalue weighted by Gasteiger charge is 2.53. The van der Waals surface area contributed by atoms with Gasteiger partial charge in [0, 0.05) is 35.7 Å². The number of carbonyl (C=O) groups excluding carboxylic acids is 1. The lowest BCUT2D eigenvalue weighted by atomic mass is 9.80. The second-order valence-corrected chi connectivity index (χ2v) is 34.9. The number of fused-ring (bicyclic) bond motifs is 8. The summed E-state index contributed by atoms with van der Waals surface area (Å²) in [5, 5.41) is 11.7. The minimum Gasteiger partial charge on any atom is -0.497 e. The molecule has 118 heavy (non-hydrogen) atoms. The predicted molar refractivity (Wildman–Crippen MR) is 428 cm³/mol. The molecule has 0 saturated carbocycles. The third-order valence-electron chi connectivity index (χ3n) is 18.5. The van der Waals surface area contributed by atoms with E-state index in [0.29, 0.717) is 47.9 Å². The lowest BCUT2D eigenvalue weighted by Crippen LogP contribution is -2.34. The Kier molecular flexibility index (Phi) is 29.1.